The molecule has 1 aliphatic rings. The lowest BCUT2D eigenvalue weighted by molar-refractivity contribution is -0.120. The zero-order chi connectivity index (χ0) is 15.2. The Bertz CT molecular complexity index is 482. The van der Waals surface area contributed by atoms with Crippen LogP contribution in [0.3, 0.4) is 0 Å². The van der Waals surface area contributed by atoms with Gasteiger partial charge in [-0.3, -0.25) is 4.79 Å². The summed E-state index contributed by atoms with van der Waals surface area (Å²) in [5, 5.41) is 6.23. The number of carbonyl (C=O) groups excluding carboxylic acids is 1. The molecule has 0 spiro atoms. The molecule has 2 rings (SSSR count). The minimum atomic E-state index is 0.0110. The number of benzene rings is 1. The molecule has 1 aromatic carbocycles. The molecule has 0 bridgehead atoms. The van der Waals surface area contributed by atoms with Gasteiger partial charge in [-0.2, -0.15) is 0 Å². The molecule has 1 saturated heterocycles. The molecule has 1 aliphatic heterocycles. The van der Waals surface area contributed by atoms with E-state index in [1.165, 1.54) is 0 Å². The van der Waals surface area contributed by atoms with Crippen molar-refractivity contribution in [2.75, 3.05) is 25.5 Å². The first-order chi connectivity index (χ1) is 10.1. The van der Waals surface area contributed by atoms with Crippen LogP contribution in [0.25, 0.3) is 0 Å². The number of methoxy groups -OCH3 is 1. The molecular weight excluding hydrogens is 268 g/mol. The minimum absolute atomic E-state index is 0.0110. The monoisotopic (exact) mass is 292 g/mol. The van der Waals surface area contributed by atoms with Crippen LogP contribution in [0.4, 0.5) is 5.69 Å². The number of rotatable bonds is 5. The highest BCUT2D eigenvalue weighted by Gasteiger charge is 2.22. The van der Waals surface area contributed by atoms with Crippen molar-refractivity contribution in [3.63, 3.8) is 0 Å². The summed E-state index contributed by atoms with van der Waals surface area (Å²) < 4.78 is 11.0. The molecule has 0 radical (unpaired) electrons. The fraction of sp³-hybridized carbons (Fsp3) is 0.562. The lowest BCUT2D eigenvalue weighted by atomic mass is 9.99. The fourth-order valence-electron chi connectivity index (χ4n) is 2.40. The third kappa shape index (κ3) is 4.36. The van der Waals surface area contributed by atoms with E-state index in [4.69, 9.17) is 9.47 Å². The molecule has 0 aromatic heterocycles. The Balaban J connectivity index is 2.13. The Morgan fingerprint density at radius 1 is 1.43 bits per heavy atom. The molecule has 0 aliphatic carbocycles. The molecule has 1 amide bonds. The second-order valence-corrected chi connectivity index (χ2v) is 5.56. The molecule has 1 unspecified atom stereocenters. The second-order valence-electron chi connectivity index (χ2n) is 5.56. The number of carbonyl (C=O) groups is 1. The Labute approximate surface area is 126 Å². The van der Waals surface area contributed by atoms with Crippen LogP contribution in [0.5, 0.6) is 11.5 Å². The average molecular weight is 292 g/mol. The Morgan fingerprint density at radius 3 is 2.86 bits per heavy atom. The van der Waals surface area contributed by atoms with Crippen molar-refractivity contribution in [2.45, 2.75) is 32.8 Å². The number of nitrogens with one attached hydrogen (secondary N) is 2. The van der Waals surface area contributed by atoms with Crippen LogP contribution < -0.4 is 20.1 Å². The van der Waals surface area contributed by atoms with Crippen LogP contribution in [0.15, 0.2) is 18.2 Å². The molecule has 116 valence electrons. The first-order valence-electron chi connectivity index (χ1n) is 7.46. The average Bonchev–Trinajstić information content (AvgIpc) is 2.49. The number of ether oxygens (including phenoxy) is 2. The van der Waals surface area contributed by atoms with Crippen LogP contribution in [0.2, 0.25) is 0 Å². The van der Waals surface area contributed by atoms with Crippen molar-refractivity contribution in [2.24, 2.45) is 5.92 Å². The van der Waals surface area contributed by atoms with Gasteiger partial charge in [0.25, 0.3) is 0 Å². The summed E-state index contributed by atoms with van der Waals surface area (Å²) in [6.07, 6.45) is 2.00. The molecule has 0 saturated carbocycles. The van der Waals surface area contributed by atoms with E-state index in [-0.39, 0.29) is 17.9 Å². The van der Waals surface area contributed by atoms with E-state index in [0.717, 1.165) is 25.9 Å². The topological polar surface area (TPSA) is 59.6 Å². The summed E-state index contributed by atoms with van der Waals surface area (Å²) in [5.41, 5.74) is 0.665. The maximum absolute atomic E-state index is 12.4. The van der Waals surface area contributed by atoms with Gasteiger partial charge in [-0.05, 0) is 45.4 Å². The van der Waals surface area contributed by atoms with Gasteiger partial charge in [0.15, 0.2) is 0 Å². The standard InChI is InChI=1S/C16H24N2O3/c1-11(2)21-15-7-6-13(20-3)9-14(15)18-16(19)12-5-4-8-17-10-12/h6-7,9,11-12,17H,4-5,8,10H2,1-3H3,(H,18,19). The van der Waals surface area contributed by atoms with Crippen LogP contribution in [0, 0.1) is 5.92 Å². The van der Waals surface area contributed by atoms with Crippen LogP contribution >= 0.6 is 0 Å². The van der Waals surface area contributed by atoms with Gasteiger partial charge in [0.05, 0.1) is 24.8 Å². The van der Waals surface area contributed by atoms with Gasteiger partial charge >= 0.3 is 0 Å². The van der Waals surface area contributed by atoms with Gasteiger partial charge in [-0.1, -0.05) is 0 Å². The molecule has 21 heavy (non-hydrogen) atoms. The van der Waals surface area contributed by atoms with Crippen molar-refractivity contribution < 1.29 is 14.3 Å². The lowest BCUT2D eigenvalue weighted by Gasteiger charge is -2.23. The minimum Gasteiger partial charge on any atom is -0.497 e. The molecular formula is C16H24N2O3. The van der Waals surface area contributed by atoms with Gasteiger partial charge in [-0.15, -0.1) is 0 Å². The van der Waals surface area contributed by atoms with Crippen molar-refractivity contribution >= 4 is 11.6 Å². The smallest absolute Gasteiger partial charge is 0.228 e. The summed E-state index contributed by atoms with van der Waals surface area (Å²) in [6, 6.07) is 5.45. The van der Waals surface area contributed by atoms with Gasteiger partial charge < -0.3 is 20.1 Å². The number of hydrogen-bond donors (Lipinski definition) is 2. The zero-order valence-electron chi connectivity index (χ0n) is 12.9. The molecule has 5 heteroatoms. The van der Waals surface area contributed by atoms with Crippen LogP contribution in [-0.2, 0) is 4.79 Å². The summed E-state index contributed by atoms with van der Waals surface area (Å²) in [7, 11) is 1.61. The Morgan fingerprint density at radius 2 is 2.24 bits per heavy atom. The molecule has 1 fully saturated rings. The number of hydrogen-bond acceptors (Lipinski definition) is 4. The molecule has 2 N–H and O–H groups in total. The fourth-order valence-corrected chi connectivity index (χ4v) is 2.40. The van der Waals surface area contributed by atoms with E-state index in [2.05, 4.69) is 10.6 Å². The Kier molecular flexibility index (Phi) is 5.44. The lowest BCUT2D eigenvalue weighted by Crippen LogP contribution is -2.37. The number of anilines is 1. The summed E-state index contributed by atoms with van der Waals surface area (Å²) in [4.78, 5) is 12.4. The van der Waals surface area contributed by atoms with Crippen molar-refractivity contribution in [1.29, 1.82) is 0 Å². The van der Waals surface area contributed by atoms with E-state index in [0.29, 0.717) is 17.2 Å². The molecule has 5 nitrogen and oxygen atoms in total. The first kappa shape index (κ1) is 15.6. The number of amides is 1. The van der Waals surface area contributed by atoms with Gasteiger partial charge in [-0.25, -0.2) is 0 Å². The van der Waals surface area contributed by atoms with Gasteiger partial charge in [0.2, 0.25) is 5.91 Å². The van der Waals surface area contributed by atoms with Gasteiger partial charge in [0.1, 0.15) is 11.5 Å². The highest BCUT2D eigenvalue weighted by molar-refractivity contribution is 5.94. The summed E-state index contributed by atoms with van der Waals surface area (Å²) in [5.74, 6) is 1.41. The van der Waals surface area contributed by atoms with Crippen LogP contribution in [-0.4, -0.2) is 32.2 Å². The first-order valence-corrected chi connectivity index (χ1v) is 7.46. The molecule has 1 aromatic rings. The SMILES string of the molecule is COc1ccc(OC(C)C)c(NC(=O)C2CCCNC2)c1. The predicted molar refractivity (Wildman–Crippen MR) is 83.0 cm³/mol. The summed E-state index contributed by atoms with van der Waals surface area (Å²) in [6.45, 7) is 5.64. The molecule has 1 atom stereocenters. The maximum atomic E-state index is 12.4. The summed E-state index contributed by atoms with van der Waals surface area (Å²) >= 11 is 0. The second kappa shape index (κ2) is 7.31. The van der Waals surface area contributed by atoms with E-state index >= 15 is 0 Å². The van der Waals surface area contributed by atoms with Crippen molar-refractivity contribution in [3.8, 4) is 11.5 Å². The third-order valence-electron chi connectivity index (χ3n) is 3.47. The highest BCUT2D eigenvalue weighted by atomic mass is 16.5. The maximum Gasteiger partial charge on any atom is 0.228 e. The van der Waals surface area contributed by atoms with Crippen LogP contribution in [0.1, 0.15) is 26.7 Å². The quantitative estimate of drug-likeness (QED) is 0.875. The predicted octanol–water partition coefficient (Wildman–Crippen LogP) is 2.42. The Hall–Kier alpha value is -1.75. The van der Waals surface area contributed by atoms with E-state index < -0.39 is 0 Å². The van der Waals surface area contributed by atoms with E-state index in [1.807, 2.05) is 26.0 Å². The molecule has 1 heterocycles. The van der Waals surface area contributed by atoms with E-state index in [9.17, 15) is 4.79 Å². The number of piperidine rings is 1. The third-order valence-corrected chi connectivity index (χ3v) is 3.47. The zero-order valence-corrected chi connectivity index (χ0v) is 12.9. The highest BCUT2D eigenvalue weighted by Crippen LogP contribution is 2.30. The van der Waals surface area contributed by atoms with Gasteiger partial charge in [0, 0.05) is 12.6 Å². The van der Waals surface area contributed by atoms with Crippen molar-refractivity contribution in [1.82, 2.24) is 5.32 Å². The largest absolute Gasteiger partial charge is 0.497 e. The normalized spacial score (nSPS) is 18.4. The van der Waals surface area contributed by atoms with E-state index in [1.54, 1.807) is 13.2 Å². The van der Waals surface area contributed by atoms with Crippen molar-refractivity contribution in [3.05, 3.63) is 18.2 Å².